The zero-order valence-electron chi connectivity index (χ0n) is 17.7. The van der Waals surface area contributed by atoms with Crippen molar-refractivity contribution in [2.24, 2.45) is 0 Å². The molecular formula is C24H22N6O2. The van der Waals surface area contributed by atoms with Crippen LogP contribution in [0.5, 0.6) is 5.88 Å². The van der Waals surface area contributed by atoms with Gasteiger partial charge >= 0.3 is 0 Å². The van der Waals surface area contributed by atoms with Gasteiger partial charge in [-0.3, -0.25) is 14.8 Å². The first kappa shape index (κ1) is 19.9. The Balaban J connectivity index is 1.39. The van der Waals surface area contributed by atoms with Crippen LogP contribution >= 0.6 is 0 Å². The Labute approximate surface area is 185 Å². The molecule has 0 spiro atoms. The van der Waals surface area contributed by atoms with E-state index >= 15 is 0 Å². The molecule has 0 atom stereocenters. The van der Waals surface area contributed by atoms with Crippen LogP contribution < -0.4 is 4.74 Å². The van der Waals surface area contributed by atoms with Gasteiger partial charge in [0.05, 0.1) is 31.5 Å². The van der Waals surface area contributed by atoms with Crippen molar-refractivity contribution in [3.63, 3.8) is 0 Å². The lowest BCUT2D eigenvalue weighted by Gasteiger charge is -2.14. The average Bonchev–Trinajstić information content (AvgIpc) is 3.42. The maximum atomic E-state index is 13.1. The highest BCUT2D eigenvalue weighted by molar-refractivity contribution is 5.98. The van der Waals surface area contributed by atoms with Crippen LogP contribution in [0.4, 0.5) is 0 Å². The summed E-state index contributed by atoms with van der Waals surface area (Å²) in [6.45, 7) is 1.56. The Morgan fingerprint density at radius 1 is 1.06 bits per heavy atom. The maximum absolute atomic E-state index is 13.1. The standard InChI is InChI=1S/C24H22N6O2/c1-32-23-18(15-29-13-11-27-22(29)17-5-9-25-10-6-17)14-20-21(28-23)16-30(24(20)31)12-7-19-4-2-3-8-26-19/h2-6,8-11,13-14H,7,12,15-16H2,1H3. The number of pyridine rings is 3. The molecule has 4 aromatic heterocycles. The number of ether oxygens (including phenoxy) is 1. The summed E-state index contributed by atoms with van der Waals surface area (Å²) >= 11 is 0. The van der Waals surface area contributed by atoms with Crippen molar-refractivity contribution in [1.82, 2.24) is 29.4 Å². The van der Waals surface area contributed by atoms with Crippen LogP contribution in [0.3, 0.4) is 0 Å². The van der Waals surface area contributed by atoms with Crippen LogP contribution in [0.1, 0.15) is 27.3 Å². The van der Waals surface area contributed by atoms with Gasteiger partial charge in [0, 0.05) is 60.8 Å². The molecule has 0 radical (unpaired) electrons. The van der Waals surface area contributed by atoms with Crippen molar-refractivity contribution in [2.45, 2.75) is 19.5 Å². The van der Waals surface area contributed by atoms with Crippen molar-refractivity contribution in [2.75, 3.05) is 13.7 Å². The molecule has 32 heavy (non-hydrogen) atoms. The maximum Gasteiger partial charge on any atom is 0.256 e. The van der Waals surface area contributed by atoms with E-state index in [-0.39, 0.29) is 5.91 Å². The predicted octanol–water partition coefficient (Wildman–Crippen LogP) is 2.99. The molecular weight excluding hydrogens is 404 g/mol. The molecule has 1 aliphatic heterocycles. The minimum Gasteiger partial charge on any atom is -0.481 e. The van der Waals surface area contributed by atoms with Crippen LogP contribution in [-0.2, 0) is 19.5 Å². The van der Waals surface area contributed by atoms with E-state index in [4.69, 9.17) is 4.74 Å². The Morgan fingerprint density at radius 2 is 1.94 bits per heavy atom. The SMILES string of the molecule is COc1nc2c(cc1Cn1ccnc1-c1ccncc1)C(=O)N(CCc1ccccn1)C2. The summed E-state index contributed by atoms with van der Waals surface area (Å²) in [4.78, 5) is 32.4. The van der Waals surface area contributed by atoms with Gasteiger partial charge in [0.2, 0.25) is 5.88 Å². The van der Waals surface area contributed by atoms with E-state index in [0.717, 1.165) is 28.3 Å². The lowest BCUT2D eigenvalue weighted by atomic mass is 10.1. The number of methoxy groups -OCH3 is 1. The van der Waals surface area contributed by atoms with E-state index < -0.39 is 0 Å². The average molecular weight is 426 g/mol. The van der Waals surface area contributed by atoms with Crippen LogP contribution in [0.25, 0.3) is 11.4 Å². The summed E-state index contributed by atoms with van der Waals surface area (Å²) in [6.07, 6.45) is 9.62. The lowest BCUT2D eigenvalue weighted by molar-refractivity contribution is 0.0779. The summed E-state index contributed by atoms with van der Waals surface area (Å²) in [7, 11) is 1.60. The van der Waals surface area contributed by atoms with E-state index in [0.29, 0.717) is 37.5 Å². The van der Waals surface area contributed by atoms with Gasteiger partial charge in [0.1, 0.15) is 5.82 Å². The molecule has 0 saturated carbocycles. The second-order valence-corrected chi connectivity index (χ2v) is 7.56. The number of rotatable bonds is 7. The lowest BCUT2D eigenvalue weighted by Crippen LogP contribution is -2.26. The quantitative estimate of drug-likeness (QED) is 0.452. The molecule has 8 heteroatoms. The molecule has 0 fully saturated rings. The van der Waals surface area contributed by atoms with Gasteiger partial charge in [0.15, 0.2) is 0 Å². The topological polar surface area (TPSA) is 86.0 Å². The normalized spacial score (nSPS) is 12.8. The minimum absolute atomic E-state index is 0.00711. The fourth-order valence-corrected chi connectivity index (χ4v) is 3.95. The first-order valence-electron chi connectivity index (χ1n) is 10.4. The third kappa shape index (κ3) is 3.82. The zero-order chi connectivity index (χ0) is 21.9. The van der Waals surface area contributed by atoms with Crippen LogP contribution in [-0.4, -0.2) is 49.0 Å². The number of amides is 1. The third-order valence-electron chi connectivity index (χ3n) is 5.55. The molecule has 0 N–H and O–H groups in total. The summed E-state index contributed by atoms with van der Waals surface area (Å²) < 4.78 is 7.58. The number of carbonyl (C=O) groups is 1. The molecule has 160 valence electrons. The highest BCUT2D eigenvalue weighted by Gasteiger charge is 2.30. The molecule has 0 aliphatic carbocycles. The molecule has 8 nitrogen and oxygen atoms in total. The van der Waals surface area contributed by atoms with Crippen molar-refractivity contribution in [1.29, 1.82) is 0 Å². The number of carbonyl (C=O) groups excluding carboxylic acids is 1. The third-order valence-corrected chi connectivity index (χ3v) is 5.55. The van der Waals surface area contributed by atoms with Gasteiger partial charge in [-0.2, -0.15) is 0 Å². The summed E-state index contributed by atoms with van der Waals surface area (Å²) in [5.41, 5.74) is 4.14. The fraction of sp³-hybridized carbons (Fsp3) is 0.208. The van der Waals surface area contributed by atoms with Crippen molar-refractivity contribution >= 4 is 5.91 Å². The molecule has 0 aromatic carbocycles. The highest BCUT2D eigenvalue weighted by atomic mass is 16.5. The number of aromatic nitrogens is 5. The molecule has 1 aliphatic rings. The predicted molar refractivity (Wildman–Crippen MR) is 118 cm³/mol. The Bertz CT molecular complexity index is 1240. The van der Waals surface area contributed by atoms with Crippen molar-refractivity contribution < 1.29 is 9.53 Å². The van der Waals surface area contributed by atoms with E-state index in [1.807, 2.05) is 52.1 Å². The monoisotopic (exact) mass is 426 g/mol. The summed E-state index contributed by atoms with van der Waals surface area (Å²) in [5, 5.41) is 0. The molecule has 0 saturated heterocycles. The summed E-state index contributed by atoms with van der Waals surface area (Å²) in [5.74, 6) is 1.34. The van der Waals surface area contributed by atoms with Crippen LogP contribution in [0.15, 0.2) is 67.4 Å². The van der Waals surface area contributed by atoms with E-state index in [9.17, 15) is 4.79 Å². The van der Waals surface area contributed by atoms with Gasteiger partial charge in [-0.15, -0.1) is 0 Å². The van der Waals surface area contributed by atoms with Gasteiger partial charge in [-0.25, -0.2) is 9.97 Å². The van der Waals surface area contributed by atoms with E-state index in [1.165, 1.54) is 0 Å². The first-order chi connectivity index (χ1) is 15.7. The van der Waals surface area contributed by atoms with Gasteiger partial charge in [0.25, 0.3) is 5.91 Å². The summed E-state index contributed by atoms with van der Waals surface area (Å²) in [6, 6.07) is 11.6. The second-order valence-electron chi connectivity index (χ2n) is 7.56. The Hall–Kier alpha value is -4.07. The smallest absolute Gasteiger partial charge is 0.256 e. The van der Waals surface area contributed by atoms with Crippen molar-refractivity contribution in [3.05, 3.63) is 89.9 Å². The second kappa shape index (κ2) is 8.58. The highest BCUT2D eigenvalue weighted by Crippen LogP contribution is 2.29. The number of nitrogens with zero attached hydrogens (tertiary/aromatic N) is 6. The molecule has 0 bridgehead atoms. The van der Waals surface area contributed by atoms with Gasteiger partial charge < -0.3 is 14.2 Å². The molecule has 5 heterocycles. The van der Waals surface area contributed by atoms with Gasteiger partial charge in [-0.05, 0) is 30.3 Å². The molecule has 5 rings (SSSR count). The molecule has 0 unspecified atom stereocenters. The minimum atomic E-state index is -0.00711. The Kier molecular flexibility index (Phi) is 5.33. The number of fused-ring (bicyclic) bond motifs is 1. The first-order valence-corrected chi connectivity index (χ1v) is 10.4. The zero-order valence-corrected chi connectivity index (χ0v) is 17.7. The number of imidazole rings is 1. The number of hydrogen-bond donors (Lipinski definition) is 0. The van der Waals surface area contributed by atoms with Crippen LogP contribution in [0, 0.1) is 0 Å². The van der Waals surface area contributed by atoms with Gasteiger partial charge in [-0.1, -0.05) is 6.07 Å². The largest absolute Gasteiger partial charge is 0.481 e. The van der Waals surface area contributed by atoms with E-state index in [2.05, 4.69) is 19.9 Å². The van der Waals surface area contributed by atoms with Crippen LogP contribution in [0.2, 0.25) is 0 Å². The van der Waals surface area contributed by atoms with Crippen molar-refractivity contribution in [3.8, 4) is 17.3 Å². The van der Waals surface area contributed by atoms with E-state index in [1.54, 1.807) is 31.9 Å². The number of hydrogen-bond acceptors (Lipinski definition) is 6. The molecule has 1 amide bonds. The molecule has 4 aromatic rings. The fourth-order valence-electron chi connectivity index (χ4n) is 3.95. The Morgan fingerprint density at radius 3 is 2.72 bits per heavy atom.